The number of ether oxygens (including phenoxy) is 3. The van der Waals surface area contributed by atoms with Crippen LogP contribution >= 0.6 is 0 Å². The van der Waals surface area contributed by atoms with Crippen molar-refractivity contribution in [3.8, 4) is 0 Å². The first-order chi connectivity index (χ1) is 20.5. The third-order valence-electron chi connectivity index (χ3n) is 6.10. The minimum atomic E-state index is -0.968. The highest BCUT2D eigenvalue weighted by Crippen LogP contribution is 2.14. The molecular formula is C33H31N3O6. The zero-order valence-corrected chi connectivity index (χ0v) is 23.1. The van der Waals surface area contributed by atoms with Crippen LogP contribution in [0.1, 0.15) is 29.2 Å². The number of nitrogens with one attached hydrogen (secondary N) is 1. The number of hydrazine groups is 1. The average Bonchev–Trinajstić information content (AvgIpc) is 3.04. The molecule has 0 aliphatic carbocycles. The van der Waals surface area contributed by atoms with E-state index in [-0.39, 0.29) is 25.5 Å². The molecule has 0 aliphatic heterocycles. The Bertz CT molecular complexity index is 1470. The van der Waals surface area contributed by atoms with E-state index in [2.05, 4.69) is 10.4 Å². The van der Waals surface area contributed by atoms with Crippen LogP contribution < -0.4 is 5.43 Å². The molecule has 3 amide bonds. The Hall–Kier alpha value is -5.44. The van der Waals surface area contributed by atoms with Crippen molar-refractivity contribution in [3.05, 3.63) is 144 Å². The largest absolute Gasteiger partial charge is 0.443 e. The third kappa shape index (κ3) is 9.06. The van der Waals surface area contributed by atoms with Crippen molar-refractivity contribution in [1.29, 1.82) is 0 Å². The fourth-order valence-electron chi connectivity index (χ4n) is 3.92. The van der Waals surface area contributed by atoms with Gasteiger partial charge in [0, 0.05) is 0 Å². The van der Waals surface area contributed by atoms with Crippen molar-refractivity contribution >= 4 is 24.0 Å². The van der Waals surface area contributed by atoms with Gasteiger partial charge in [-0.1, -0.05) is 121 Å². The monoisotopic (exact) mass is 565 g/mol. The zero-order chi connectivity index (χ0) is 29.6. The number of carbonyl (C=O) groups excluding carboxylic acids is 3. The SMILES string of the molecule is C[C@H](/C(=N/C(=O)OCc1ccccc1)c1ccccc1)N(NC(=O)OCc1ccccc1)C(=O)OCc1ccccc1. The van der Waals surface area contributed by atoms with E-state index in [1.165, 1.54) is 0 Å². The second-order valence-electron chi connectivity index (χ2n) is 9.16. The lowest BCUT2D eigenvalue weighted by Gasteiger charge is -2.29. The number of carbonyl (C=O) groups is 3. The van der Waals surface area contributed by atoms with Crippen LogP contribution in [0.25, 0.3) is 0 Å². The molecule has 1 atom stereocenters. The van der Waals surface area contributed by atoms with Gasteiger partial charge in [-0.05, 0) is 29.2 Å². The molecule has 0 saturated carbocycles. The molecule has 0 spiro atoms. The molecule has 0 unspecified atom stereocenters. The average molecular weight is 566 g/mol. The maximum absolute atomic E-state index is 13.4. The molecule has 1 N–H and O–H groups in total. The van der Waals surface area contributed by atoms with Crippen LogP contribution in [0.15, 0.2) is 126 Å². The number of aliphatic imine (C=N–C) groups is 1. The highest BCUT2D eigenvalue weighted by Gasteiger charge is 2.30. The van der Waals surface area contributed by atoms with E-state index < -0.39 is 24.3 Å². The van der Waals surface area contributed by atoms with Crippen molar-refractivity contribution in [3.63, 3.8) is 0 Å². The summed E-state index contributed by atoms with van der Waals surface area (Å²) in [5.74, 6) is 0. The van der Waals surface area contributed by atoms with E-state index in [4.69, 9.17) is 14.2 Å². The van der Waals surface area contributed by atoms with E-state index >= 15 is 0 Å². The number of hydrogen-bond donors (Lipinski definition) is 1. The molecule has 4 aromatic carbocycles. The second kappa shape index (κ2) is 15.4. The predicted molar refractivity (Wildman–Crippen MR) is 157 cm³/mol. The van der Waals surface area contributed by atoms with Gasteiger partial charge in [0.25, 0.3) is 0 Å². The fraction of sp³-hybridized carbons (Fsp3) is 0.152. The number of benzene rings is 4. The summed E-state index contributed by atoms with van der Waals surface area (Å²) >= 11 is 0. The van der Waals surface area contributed by atoms with Crippen molar-refractivity contribution in [2.75, 3.05) is 0 Å². The topological polar surface area (TPSA) is 107 Å². The van der Waals surface area contributed by atoms with Gasteiger partial charge in [-0.15, -0.1) is 0 Å². The summed E-state index contributed by atoms with van der Waals surface area (Å²) in [7, 11) is 0. The molecule has 0 aliphatic rings. The maximum atomic E-state index is 13.4. The lowest BCUT2D eigenvalue weighted by molar-refractivity contribution is 0.0593. The highest BCUT2D eigenvalue weighted by atomic mass is 16.6. The molecule has 42 heavy (non-hydrogen) atoms. The molecule has 0 fully saturated rings. The second-order valence-corrected chi connectivity index (χ2v) is 9.16. The summed E-state index contributed by atoms with van der Waals surface area (Å²) in [4.78, 5) is 43.2. The first-order valence-electron chi connectivity index (χ1n) is 13.3. The molecule has 0 radical (unpaired) electrons. The summed E-state index contributed by atoms with van der Waals surface area (Å²) in [6, 6.07) is 35.3. The van der Waals surface area contributed by atoms with Crippen molar-refractivity contribution in [1.82, 2.24) is 10.4 Å². The minimum Gasteiger partial charge on any atom is -0.443 e. The Morgan fingerprint density at radius 2 is 1.07 bits per heavy atom. The predicted octanol–water partition coefficient (Wildman–Crippen LogP) is 6.68. The van der Waals surface area contributed by atoms with Gasteiger partial charge in [0.15, 0.2) is 0 Å². The van der Waals surface area contributed by atoms with Crippen LogP contribution in [0, 0.1) is 0 Å². The number of rotatable bonds is 9. The van der Waals surface area contributed by atoms with E-state index in [1.807, 2.05) is 97.1 Å². The Labute approximate surface area is 244 Å². The van der Waals surface area contributed by atoms with Gasteiger partial charge in [-0.25, -0.2) is 24.8 Å². The van der Waals surface area contributed by atoms with E-state index in [0.29, 0.717) is 5.56 Å². The van der Waals surface area contributed by atoms with Gasteiger partial charge in [-0.3, -0.25) is 0 Å². The number of nitrogens with zero attached hydrogens (tertiary/aromatic N) is 2. The lowest BCUT2D eigenvalue weighted by Crippen LogP contribution is -2.54. The van der Waals surface area contributed by atoms with Crippen molar-refractivity contribution in [2.45, 2.75) is 32.8 Å². The van der Waals surface area contributed by atoms with Crippen LogP contribution in [-0.2, 0) is 34.0 Å². The molecule has 4 aromatic rings. The van der Waals surface area contributed by atoms with Gasteiger partial charge >= 0.3 is 18.3 Å². The lowest BCUT2D eigenvalue weighted by atomic mass is 10.0. The standard InChI is InChI=1S/C33H31N3O6/c1-25(30(29-20-12-5-13-21-29)34-31(37)40-22-26-14-6-2-7-15-26)36(33(39)42-24-28-18-10-4-11-19-28)35-32(38)41-23-27-16-8-3-9-17-27/h2-21,25H,22-24H2,1H3,(H,35,38)/b34-30-/t25-/m1/s1. The summed E-state index contributed by atoms with van der Waals surface area (Å²) < 4.78 is 16.2. The quantitative estimate of drug-likeness (QED) is 0.138. The fourth-order valence-corrected chi connectivity index (χ4v) is 3.92. The van der Waals surface area contributed by atoms with Crippen LogP contribution in [0.4, 0.5) is 14.4 Å². The summed E-state index contributed by atoms with van der Waals surface area (Å²) in [5.41, 5.74) is 5.51. The molecule has 0 aromatic heterocycles. The maximum Gasteiger partial charge on any atom is 0.434 e. The molecule has 9 heteroatoms. The van der Waals surface area contributed by atoms with Crippen LogP contribution in [0.2, 0.25) is 0 Å². The van der Waals surface area contributed by atoms with Gasteiger partial charge < -0.3 is 14.2 Å². The first-order valence-corrected chi connectivity index (χ1v) is 13.3. The number of hydrogen-bond acceptors (Lipinski definition) is 6. The molecule has 9 nitrogen and oxygen atoms in total. The Morgan fingerprint density at radius 1 is 0.643 bits per heavy atom. The first kappa shape index (κ1) is 29.5. The summed E-state index contributed by atoms with van der Waals surface area (Å²) in [5, 5.41) is 0.951. The smallest absolute Gasteiger partial charge is 0.434 e. The van der Waals surface area contributed by atoms with Gasteiger partial charge in [0.1, 0.15) is 19.8 Å². The Kier molecular flexibility index (Phi) is 10.8. The Morgan fingerprint density at radius 3 is 1.57 bits per heavy atom. The molecular weight excluding hydrogens is 534 g/mol. The molecule has 4 rings (SSSR count). The third-order valence-corrected chi connectivity index (χ3v) is 6.10. The molecule has 0 saturated heterocycles. The van der Waals surface area contributed by atoms with Crippen molar-refractivity contribution in [2.24, 2.45) is 4.99 Å². The van der Waals surface area contributed by atoms with Crippen LogP contribution in [0.5, 0.6) is 0 Å². The van der Waals surface area contributed by atoms with Crippen LogP contribution in [0.3, 0.4) is 0 Å². The van der Waals surface area contributed by atoms with Crippen LogP contribution in [-0.4, -0.2) is 35.0 Å². The van der Waals surface area contributed by atoms with E-state index in [9.17, 15) is 14.4 Å². The molecule has 214 valence electrons. The normalized spacial score (nSPS) is 11.6. The van der Waals surface area contributed by atoms with Gasteiger partial charge in [-0.2, -0.15) is 4.99 Å². The van der Waals surface area contributed by atoms with Gasteiger partial charge in [0.2, 0.25) is 0 Å². The number of amides is 3. The summed E-state index contributed by atoms with van der Waals surface area (Å²) in [6.07, 6.45) is -2.61. The van der Waals surface area contributed by atoms with E-state index in [0.717, 1.165) is 21.7 Å². The summed E-state index contributed by atoms with van der Waals surface area (Å²) in [6.45, 7) is 1.57. The van der Waals surface area contributed by atoms with Gasteiger partial charge in [0.05, 0.1) is 11.8 Å². The molecule has 0 heterocycles. The molecule has 0 bridgehead atoms. The minimum absolute atomic E-state index is 0.0145. The zero-order valence-electron chi connectivity index (χ0n) is 23.1. The highest BCUT2D eigenvalue weighted by molar-refractivity contribution is 6.09. The van der Waals surface area contributed by atoms with Crippen molar-refractivity contribution < 1.29 is 28.6 Å². The van der Waals surface area contributed by atoms with E-state index in [1.54, 1.807) is 31.2 Å². The Balaban J connectivity index is 1.56.